The van der Waals surface area contributed by atoms with Gasteiger partial charge in [-0.15, -0.1) is 0 Å². The van der Waals surface area contributed by atoms with Crippen molar-refractivity contribution in [2.24, 2.45) is 0 Å². The van der Waals surface area contributed by atoms with Crippen LogP contribution in [0.3, 0.4) is 0 Å². The quantitative estimate of drug-likeness (QED) is 0.621. The Morgan fingerprint density at radius 2 is 1.84 bits per heavy atom. The highest BCUT2D eigenvalue weighted by Gasteiger charge is 2.10. The zero-order valence-electron chi connectivity index (χ0n) is 9.74. The second-order valence-corrected chi connectivity index (χ2v) is 4.90. The van der Waals surface area contributed by atoms with E-state index < -0.39 is 6.61 Å². The first kappa shape index (κ1) is 13.9. The normalized spacial score (nSPS) is 10.5. The minimum absolute atomic E-state index is 0.102. The number of para-hydroxylation sites is 2. The van der Waals surface area contributed by atoms with Crippen LogP contribution in [0.5, 0.6) is 5.75 Å². The molecule has 0 bridgehead atoms. The molecule has 0 amide bonds. The molecular weight excluding hydrogens is 365 g/mol. The van der Waals surface area contributed by atoms with Crippen molar-refractivity contribution in [3.8, 4) is 5.75 Å². The van der Waals surface area contributed by atoms with Crippen LogP contribution in [-0.4, -0.2) is 6.61 Å². The maximum Gasteiger partial charge on any atom is 0.387 e. The van der Waals surface area contributed by atoms with Gasteiger partial charge in [0.2, 0.25) is 0 Å². The minimum atomic E-state index is -2.85. The summed E-state index contributed by atoms with van der Waals surface area (Å²) in [5.41, 5.74) is 7.56. The molecule has 2 aromatic rings. The van der Waals surface area contributed by atoms with Crippen molar-refractivity contribution in [3.05, 3.63) is 46.0 Å². The predicted molar refractivity (Wildman–Crippen MR) is 79.9 cm³/mol. The van der Waals surface area contributed by atoms with Crippen LogP contribution >= 0.6 is 22.6 Å². The molecule has 0 spiro atoms. The fraction of sp³-hybridized carbons (Fsp3) is 0.0769. The summed E-state index contributed by atoms with van der Waals surface area (Å²) in [6.45, 7) is -2.85. The van der Waals surface area contributed by atoms with Crippen molar-refractivity contribution < 1.29 is 13.5 Å². The first-order valence-electron chi connectivity index (χ1n) is 5.42. The van der Waals surface area contributed by atoms with Gasteiger partial charge in [-0.25, -0.2) is 0 Å². The summed E-state index contributed by atoms with van der Waals surface area (Å²) < 4.78 is 30.0. The molecule has 3 nitrogen and oxygen atoms in total. The van der Waals surface area contributed by atoms with Gasteiger partial charge in [-0.05, 0) is 52.9 Å². The van der Waals surface area contributed by atoms with Crippen molar-refractivity contribution >= 4 is 39.7 Å². The van der Waals surface area contributed by atoms with Crippen LogP contribution in [0.1, 0.15) is 0 Å². The highest BCUT2D eigenvalue weighted by Crippen LogP contribution is 2.31. The number of halogens is 3. The zero-order valence-corrected chi connectivity index (χ0v) is 11.9. The lowest BCUT2D eigenvalue weighted by molar-refractivity contribution is -0.0493. The van der Waals surface area contributed by atoms with Crippen molar-refractivity contribution in [1.29, 1.82) is 0 Å². The van der Waals surface area contributed by atoms with E-state index in [1.807, 2.05) is 0 Å². The third-order valence-corrected chi connectivity index (χ3v) is 3.26. The highest BCUT2D eigenvalue weighted by atomic mass is 127. The van der Waals surface area contributed by atoms with Crippen LogP contribution in [0.2, 0.25) is 0 Å². The van der Waals surface area contributed by atoms with E-state index in [1.54, 1.807) is 36.4 Å². The first-order valence-corrected chi connectivity index (χ1v) is 6.50. The lowest BCUT2D eigenvalue weighted by atomic mass is 10.2. The number of anilines is 3. The fourth-order valence-electron chi connectivity index (χ4n) is 1.55. The number of nitrogens with one attached hydrogen (secondary N) is 1. The summed E-state index contributed by atoms with van der Waals surface area (Å²) in [6, 6.07) is 11.8. The van der Waals surface area contributed by atoms with Crippen LogP contribution in [0.25, 0.3) is 0 Å². The number of hydrogen-bond acceptors (Lipinski definition) is 3. The molecular formula is C13H11F2IN2O. The van der Waals surface area contributed by atoms with Crippen LogP contribution < -0.4 is 15.8 Å². The molecule has 19 heavy (non-hydrogen) atoms. The topological polar surface area (TPSA) is 47.3 Å². The third kappa shape index (κ3) is 3.69. The molecule has 0 aliphatic carbocycles. The van der Waals surface area contributed by atoms with Gasteiger partial charge in [0.25, 0.3) is 0 Å². The molecule has 2 rings (SSSR count). The molecule has 0 heterocycles. The van der Waals surface area contributed by atoms with Gasteiger partial charge in [0.15, 0.2) is 0 Å². The van der Waals surface area contributed by atoms with Crippen LogP contribution in [0.4, 0.5) is 25.8 Å². The third-order valence-electron chi connectivity index (χ3n) is 2.37. The molecule has 0 fully saturated rings. The van der Waals surface area contributed by atoms with Crippen molar-refractivity contribution in [2.75, 3.05) is 11.1 Å². The molecule has 0 aliphatic heterocycles. The summed E-state index contributed by atoms with van der Waals surface area (Å²) in [7, 11) is 0. The van der Waals surface area contributed by atoms with Crippen LogP contribution in [0, 0.1) is 3.57 Å². The number of alkyl halides is 2. The molecule has 6 heteroatoms. The Kier molecular flexibility index (Phi) is 4.41. The van der Waals surface area contributed by atoms with E-state index in [-0.39, 0.29) is 5.75 Å². The van der Waals surface area contributed by atoms with Crippen molar-refractivity contribution in [1.82, 2.24) is 0 Å². The molecule has 100 valence electrons. The smallest absolute Gasteiger partial charge is 0.387 e. The zero-order chi connectivity index (χ0) is 13.8. The van der Waals surface area contributed by atoms with Gasteiger partial charge in [-0.2, -0.15) is 8.78 Å². The van der Waals surface area contributed by atoms with Crippen molar-refractivity contribution in [3.63, 3.8) is 0 Å². The standard InChI is InChI=1S/C13H11F2IN2O/c14-13(15)19-12-4-2-1-3-11(12)18-10-6-5-8(17)7-9(10)16/h1-7,13,18H,17H2. The SMILES string of the molecule is Nc1ccc(Nc2ccccc2OC(F)F)c(I)c1. The van der Waals surface area contributed by atoms with E-state index in [0.29, 0.717) is 11.4 Å². The van der Waals surface area contributed by atoms with E-state index in [0.717, 1.165) is 9.26 Å². The second kappa shape index (κ2) is 6.05. The highest BCUT2D eigenvalue weighted by molar-refractivity contribution is 14.1. The molecule has 2 aromatic carbocycles. The second-order valence-electron chi connectivity index (χ2n) is 3.74. The summed E-state index contributed by atoms with van der Waals surface area (Å²) in [4.78, 5) is 0. The van der Waals surface area contributed by atoms with Crippen LogP contribution in [-0.2, 0) is 0 Å². The molecule has 0 saturated heterocycles. The number of nitrogens with two attached hydrogens (primary N) is 1. The fourth-order valence-corrected chi connectivity index (χ4v) is 2.22. The molecule has 0 atom stereocenters. The summed E-state index contributed by atoms with van der Waals surface area (Å²) in [5.74, 6) is 0.102. The molecule has 0 aromatic heterocycles. The predicted octanol–water partition coefficient (Wildman–Crippen LogP) is 4.22. The molecule has 0 aliphatic rings. The Morgan fingerprint density at radius 3 is 2.53 bits per heavy atom. The lowest BCUT2D eigenvalue weighted by Crippen LogP contribution is -2.04. The number of rotatable bonds is 4. The Balaban J connectivity index is 2.27. The van der Waals surface area contributed by atoms with Crippen molar-refractivity contribution in [2.45, 2.75) is 6.61 Å². The summed E-state index contributed by atoms with van der Waals surface area (Å²) in [5, 5.41) is 3.05. The Hall–Kier alpha value is -1.57. The maximum atomic E-state index is 12.3. The summed E-state index contributed by atoms with van der Waals surface area (Å²) >= 11 is 2.12. The van der Waals surface area contributed by atoms with E-state index in [1.165, 1.54) is 6.07 Å². The summed E-state index contributed by atoms with van der Waals surface area (Å²) in [6.07, 6.45) is 0. The number of ether oxygens (including phenoxy) is 1. The molecule has 0 radical (unpaired) electrons. The van der Waals surface area contributed by atoms with Gasteiger partial charge >= 0.3 is 6.61 Å². The number of hydrogen-bond donors (Lipinski definition) is 2. The average Bonchev–Trinajstić information content (AvgIpc) is 2.34. The largest absolute Gasteiger partial charge is 0.433 e. The van der Waals surface area contributed by atoms with Gasteiger partial charge in [-0.3, -0.25) is 0 Å². The number of benzene rings is 2. The van der Waals surface area contributed by atoms with Gasteiger partial charge in [0.05, 0.1) is 11.4 Å². The Bertz CT molecular complexity index is 578. The monoisotopic (exact) mass is 376 g/mol. The van der Waals surface area contributed by atoms with Gasteiger partial charge < -0.3 is 15.8 Å². The minimum Gasteiger partial charge on any atom is -0.433 e. The average molecular weight is 376 g/mol. The van der Waals surface area contributed by atoms with Crippen LogP contribution in [0.15, 0.2) is 42.5 Å². The number of nitrogen functional groups attached to an aromatic ring is 1. The first-order chi connectivity index (χ1) is 9.06. The Labute approximate surface area is 122 Å². The molecule has 0 saturated carbocycles. The molecule has 0 unspecified atom stereocenters. The van der Waals surface area contributed by atoms with E-state index in [4.69, 9.17) is 5.73 Å². The maximum absolute atomic E-state index is 12.3. The van der Waals surface area contributed by atoms with Gasteiger partial charge in [-0.1, -0.05) is 12.1 Å². The Morgan fingerprint density at radius 1 is 1.11 bits per heavy atom. The lowest BCUT2D eigenvalue weighted by Gasteiger charge is -2.13. The van der Waals surface area contributed by atoms with E-state index in [2.05, 4.69) is 32.6 Å². The van der Waals surface area contributed by atoms with E-state index >= 15 is 0 Å². The van der Waals surface area contributed by atoms with Gasteiger partial charge in [0.1, 0.15) is 5.75 Å². The van der Waals surface area contributed by atoms with Gasteiger partial charge in [0, 0.05) is 9.26 Å². The van der Waals surface area contributed by atoms with E-state index in [9.17, 15) is 8.78 Å². The molecule has 3 N–H and O–H groups in total.